The lowest BCUT2D eigenvalue weighted by Crippen LogP contribution is -2.48. The molecule has 0 spiro atoms. The molecule has 8 N–H and O–H groups in total. The lowest BCUT2D eigenvalue weighted by atomic mass is 9.91. The molecule has 466 valence electrons. The number of hydrogen-bond acceptors (Lipinski definition) is 15. The Balaban J connectivity index is 0.000000149. The molecule has 1 saturated heterocycles. The number of ether oxygens (including phenoxy) is 4. The number of primary amides is 1. The van der Waals surface area contributed by atoms with Crippen LogP contribution in [-0.4, -0.2) is 85.7 Å². The van der Waals surface area contributed by atoms with Crippen molar-refractivity contribution in [1.82, 2.24) is 31.3 Å². The Hall–Kier alpha value is -9.76. The van der Waals surface area contributed by atoms with Crippen LogP contribution in [-0.2, 0) is 66.0 Å². The molecule has 3 aliphatic carbocycles. The number of pyridine rings is 2. The van der Waals surface area contributed by atoms with Gasteiger partial charge in [0.05, 0.1) is 51.6 Å². The molecule has 8 aromatic rings. The zero-order valence-electron chi connectivity index (χ0n) is 50.6. The van der Waals surface area contributed by atoms with Crippen molar-refractivity contribution in [1.29, 1.82) is 0 Å². The van der Waals surface area contributed by atoms with Crippen LogP contribution in [0.1, 0.15) is 77.4 Å². The van der Waals surface area contributed by atoms with Crippen molar-refractivity contribution >= 4 is 57.3 Å². The summed E-state index contributed by atoms with van der Waals surface area (Å²) in [6.07, 6.45) is 3.33. The van der Waals surface area contributed by atoms with Gasteiger partial charge in [-0.3, -0.25) is 54.4 Å². The van der Waals surface area contributed by atoms with Gasteiger partial charge in [-0.15, -0.1) is 0 Å². The largest absolute Gasteiger partial charge is 0.489 e. The van der Waals surface area contributed by atoms with Crippen LogP contribution < -0.4 is 36.4 Å². The summed E-state index contributed by atoms with van der Waals surface area (Å²) in [5.41, 5.74) is 17.7. The predicted molar refractivity (Wildman–Crippen MR) is 332 cm³/mol. The first kappa shape index (κ1) is 63.3. The van der Waals surface area contributed by atoms with Crippen LogP contribution in [0.4, 0.5) is 0 Å². The highest BCUT2D eigenvalue weighted by molar-refractivity contribution is 5.97. The van der Waals surface area contributed by atoms with Gasteiger partial charge in [0.2, 0.25) is 29.5 Å². The highest BCUT2D eigenvalue weighted by Crippen LogP contribution is 2.58. The number of nitrogens with one attached hydrogen (secondary N) is 3. The smallest absolute Gasteiger partial charge is 0.313 e. The number of likely N-dealkylation sites (tertiary alicyclic amines) is 1. The van der Waals surface area contributed by atoms with Crippen LogP contribution in [0.2, 0.25) is 0 Å². The summed E-state index contributed by atoms with van der Waals surface area (Å²) in [6, 6.07) is 50.3. The van der Waals surface area contributed by atoms with Gasteiger partial charge in [-0.25, -0.2) is 16.4 Å². The predicted octanol–water partition coefficient (Wildman–Crippen LogP) is 9.48. The van der Waals surface area contributed by atoms with E-state index in [1.165, 1.54) is 0 Å². The number of carbonyl (C=O) groups excluding carboxylic acids is 6. The van der Waals surface area contributed by atoms with E-state index in [4.69, 9.17) is 40.3 Å². The summed E-state index contributed by atoms with van der Waals surface area (Å²) >= 11 is 0. The maximum atomic E-state index is 13.0. The highest BCUT2D eigenvalue weighted by atomic mass is 16.5. The average molecular weight is 1220 g/mol. The van der Waals surface area contributed by atoms with Crippen molar-refractivity contribution in [3.63, 3.8) is 0 Å². The molecule has 4 fully saturated rings. The average Bonchev–Trinajstić information content (AvgIpc) is 1.59. The molecule has 6 aromatic carbocycles. The van der Waals surface area contributed by atoms with Crippen LogP contribution >= 0.6 is 0 Å². The SMILES string of the molecule is CCOC(=O)[C@@]1(Cc2ccc(Oc3ccc(C)cc3)cc2)C[C@@H]1C(=O)NO.Cc1cc(COc2ccc(C[C@]3(C(=O)N4CCC4)C[C@@H]3C(=O)NO)cc2)c2ccccc2n1.Cc1cc(COc2ccc(C[C@]3(C(N)=O)C[C@@H]3C(=O)NO)cc2)c2ccccc2n1. The Morgan fingerprint density at radius 2 is 0.922 bits per heavy atom. The van der Waals surface area contributed by atoms with Crippen LogP contribution in [0.25, 0.3) is 21.8 Å². The van der Waals surface area contributed by atoms with Gasteiger partial charge in [-0.1, -0.05) is 90.5 Å². The van der Waals surface area contributed by atoms with E-state index in [1.54, 1.807) is 23.4 Å². The molecule has 0 bridgehead atoms. The van der Waals surface area contributed by atoms with Crippen molar-refractivity contribution in [3.8, 4) is 23.0 Å². The molecule has 6 atom stereocenters. The van der Waals surface area contributed by atoms with E-state index in [0.29, 0.717) is 63.2 Å². The van der Waals surface area contributed by atoms with Gasteiger partial charge in [-0.05, 0) is 162 Å². The van der Waals surface area contributed by atoms with Crippen LogP contribution in [0.15, 0.2) is 158 Å². The molecular weight excluding hydrogens is 1150 g/mol. The summed E-state index contributed by atoms with van der Waals surface area (Å²) in [5.74, 6) is -1.32. The minimum Gasteiger partial charge on any atom is -0.489 e. The summed E-state index contributed by atoms with van der Waals surface area (Å²) < 4.78 is 23.0. The maximum absolute atomic E-state index is 13.0. The van der Waals surface area contributed by atoms with Crippen LogP contribution in [0, 0.1) is 54.8 Å². The topological polar surface area (TPSA) is 291 Å². The monoisotopic (exact) mass is 1220 g/mol. The number of para-hydroxylation sites is 2. The Morgan fingerprint density at radius 3 is 1.36 bits per heavy atom. The number of hydrogen-bond donors (Lipinski definition) is 7. The third-order valence-electron chi connectivity index (χ3n) is 17.5. The number of aryl methyl sites for hydroxylation is 3. The van der Waals surface area contributed by atoms with Gasteiger partial charge in [-0.2, -0.15) is 0 Å². The number of benzene rings is 6. The summed E-state index contributed by atoms with van der Waals surface area (Å²) in [5, 5.41) is 28.9. The number of rotatable bonds is 21. The molecule has 4 aliphatic rings. The summed E-state index contributed by atoms with van der Waals surface area (Å²) in [6.45, 7) is 10.2. The first-order valence-corrected chi connectivity index (χ1v) is 30.0. The maximum Gasteiger partial charge on any atom is 0.313 e. The molecule has 20 heteroatoms. The number of hydroxylamine groups is 3. The molecule has 0 radical (unpaired) electrons. The Kier molecular flexibility index (Phi) is 19.2. The minimum atomic E-state index is -0.942. The second kappa shape index (κ2) is 27.3. The Labute approximate surface area is 520 Å². The standard InChI is InChI=1S/C26H27N3O4.C23H23N3O4.C21H23NO5/c1-17-13-19(21-5-2-3-6-23(21)27-17)16-33-20-9-7-18(8-10-20)14-26(15-22(26)24(30)28-32)25(31)29-11-4-12-29;1-14-10-16(18-4-2-3-5-20(18)25-14)13-30-17-8-6-15(7-9-17)11-23(22(24)28)12-19(23)21(27)26-29;1-3-26-20(24)21(13-18(21)19(23)22-25)12-15-6-10-17(11-7-15)27-16-8-4-14(2)5-9-16/h2-3,5-10,13,22,32H,4,11-12,14-16H2,1H3,(H,28,30);2-10,19,29H,11-13H2,1H3,(H2,24,28)(H,26,27);4-11,18,25H,3,12-13H2,1-2H3,(H,22,23)/t22-,26+;19-,23+;18-,21+/m111/s1. The van der Waals surface area contributed by atoms with Crippen molar-refractivity contribution < 1.29 is 63.3 Å². The second-order valence-electron chi connectivity index (χ2n) is 23.7. The van der Waals surface area contributed by atoms with E-state index >= 15 is 0 Å². The number of amides is 5. The van der Waals surface area contributed by atoms with E-state index in [2.05, 4.69) is 9.97 Å². The van der Waals surface area contributed by atoms with Gasteiger partial charge in [0.1, 0.15) is 36.2 Å². The normalized spacial score (nSPS) is 20.7. The Morgan fingerprint density at radius 1 is 0.533 bits per heavy atom. The first-order valence-electron chi connectivity index (χ1n) is 30.0. The molecule has 0 unspecified atom stereocenters. The minimum absolute atomic E-state index is 0.0163. The van der Waals surface area contributed by atoms with E-state index in [1.807, 2.05) is 183 Å². The van der Waals surface area contributed by atoms with Crippen molar-refractivity contribution in [3.05, 3.63) is 202 Å². The lowest BCUT2D eigenvalue weighted by molar-refractivity contribution is -0.152. The second-order valence-corrected chi connectivity index (χ2v) is 23.7. The lowest BCUT2D eigenvalue weighted by Gasteiger charge is -2.34. The van der Waals surface area contributed by atoms with Crippen molar-refractivity contribution in [2.24, 2.45) is 39.7 Å². The van der Waals surface area contributed by atoms with E-state index in [-0.39, 0.29) is 12.5 Å². The molecule has 3 saturated carbocycles. The van der Waals surface area contributed by atoms with Gasteiger partial charge >= 0.3 is 5.97 Å². The van der Waals surface area contributed by atoms with Gasteiger partial charge in [0, 0.05) is 46.4 Å². The zero-order valence-corrected chi connectivity index (χ0v) is 50.6. The highest BCUT2D eigenvalue weighted by Gasteiger charge is 2.66. The molecule has 20 nitrogen and oxygen atoms in total. The number of carbonyl (C=O) groups is 6. The number of nitrogens with zero attached hydrogens (tertiary/aromatic N) is 3. The van der Waals surface area contributed by atoms with Crippen LogP contribution in [0.5, 0.6) is 23.0 Å². The molecule has 12 rings (SSSR count). The third kappa shape index (κ3) is 14.2. The molecule has 90 heavy (non-hydrogen) atoms. The molecular formula is C70H73N7O13. The summed E-state index contributed by atoms with van der Waals surface area (Å²) in [7, 11) is 0. The number of esters is 1. The first-order chi connectivity index (χ1) is 43.4. The molecule has 3 heterocycles. The quantitative estimate of drug-likeness (QED) is 0.0200. The molecule has 2 aromatic heterocycles. The van der Waals surface area contributed by atoms with Crippen LogP contribution in [0.3, 0.4) is 0 Å². The molecule has 1 aliphatic heterocycles. The number of nitrogens with two attached hydrogens (primary N) is 1. The van der Waals surface area contributed by atoms with Gasteiger partial charge in [0.15, 0.2) is 0 Å². The van der Waals surface area contributed by atoms with E-state index in [9.17, 15) is 28.8 Å². The van der Waals surface area contributed by atoms with E-state index in [0.717, 1.165) is 97.6 Å². The van der Waals surface area contributed by atoms with Gasteiger partial charge in [0.25, 0.3) is 0 Å². The summed E-state index contributed by atoms with van der Waals surface area (Å²) in [4.78, 5) is 83.8. The fraction of sp³-hybridized carbons (Fsp3) is 0.314. The van der Waals surface area contributed by atoms with Gasteiger partial charge < -0.3 is 29.6 Å². The van der Waals surface area contributed by atoms with E-state index < -0.39 is 63.6 Å². The fourth-order valence-corrected chi connectivity index (χ4v) is 12.1. The van der Waals surface area contributed by atoms with Crippen molar-refractivity contribution in [2.75, 3.05) is 19.7 Å². The number of aromatic nitrogens is 2. The van der Waals surface area contributed by atoms with Crippen molar-refractivity contribution in [2.45, 2.75) is 85.9 Å². The molecule has 5 amide bonds. The third-order valence-corrected chi connectivity index (χ3v) is 17.5. The Bertz CT molecular complexity index is 3940. The zero-order chi connectivity index (χ0) is 63.7. The number of fused-ring (bicyclic) bond motifs is 2. The fourth-order valence-electron chi connectivity index (χ4n) is 12.1.